The van der Waals surface area contributed by atoms with Gasteiger partial charge in [-0.3, -0.25) is 4.79 Å². The van der Waals surface area contributed by atoms with Gasteiger partial charge in [-0.1, -0.05) is 34.6 Å². The molecule has 372 valence electrons. The van der Waals surface area contributed by atoms with Gasteiger partial charge in [0.2, 0.25) is 5.88 Å². The van der Waals surface area contributed by atoms with E-state index in [4.69, 9.17) is 42.9 Å². The van der Waals surface area contributed by atoms with Crippen molar-refractivity contribution < 1.29 is 63.1 Å². The van der Waals surface area contributed by atoms with Crippen LogP contribution < -0.4 is 15.4 Å². The van der Waals surface area contributed by atoms with Gasteiger partial charge in [0.1, 0.15) is 29.0 Å². The minimum absolute atomic E-state index is 0.0782. The van der Waals surface area contributed by atoms with E-state index in [9.17, 15) is 25.2 Å². The molecule has 6 N–H and O–H groups in total. The van der Waals surface area contributed by atoms with E-state index >= 15 is 0 Å². The summed E-state index contributed by atoms with van der Waals surface area (Å²) in [6.45, 7) is 22.3. The Kier molecular flexibility index (Phi) is 17.4. The first-order chi connectivity index (χ1) is 30.3. The fourth-order valence-electron chi connectivity index (χ4n) is 10.2. The van der Waals surface area contributed by atoms with Crippen LogP contribution in [0.25, 0.3) is 0 Å². The summed E-state index contributed by atoms with van der Waals surface area (Å²) in [6.07, 6.45) is -5.60. The van der Waals surface area contributed by atoms with Crippen LogP contribution in [-0.2, 0) is 38.0 Å². The highest BCUT2D eigenvalue weighted by atomic mass is 16.7. The largest absolute Gasteiger partial charge is 0.481 e. The SMILES string of the molecule is CC[C@H]1OC(=O)[C@H](C)[C@@H](O[C@H]2C[C@@](C)(OC)[C@](O)(CNC(C)C)[C@H](C)O2)[C@H](C)[C@@H](O[C@@H]2O[C@H](C)C[C@H]3[C@H]2OC(=Nc2ccc(OC)nc2)N3C)[C@](C)(O)C[C@@H](C)CN[C@H](C)[C@@H](O)[C@]1(C)O. The van der Waals surface area contributed by atoms with Gasteiger partial charge in [-0.05, 0) is 86.3 Å². The van der Waals surface area contributed by atoms with Gasteiger partial charge in [0.15, 0.2) is 18.7 Å². The maximum atomic E-state index is 14.6. The molecule has 18 atom stereocenters. The van der Waals surface area contributed by atoms with E-state index in [1.54, 1.807) is 60.1 Å². The first-order valence-electron chi connectivity index (χ1n) is 23.5. The molecule has 18 heteroatoms. The molecule has 18 nitrogen and oxygen atoms in total. The Balaban J connectivity index is 1.57. The summed E-state index contributed by atoms with van der Waals surface area (Å²) in [5, 5.41) is 55.0. The molecule has 0 aromatic carbocycles. The Morgan fingerprint density at radius 1 is 1.02 bits per heavy atom. The lowest BCUT2D eigenvalue weighted by Crippen LogP contribution is -2.70. The number of aromatic nitrogens is 1. The van der Waals surface area contributed by atoms with Crippen molar-refractivity contribution in [1.82, 2.24) is 20.5 Å². The van der Waals surface area contributed by atoms with Crippen LogP contribution in [0.5, 0.6) is 5.88 Å². The zero-order valence-corrected chi connectivity index (χ0v) is 41.4. The van der Waals surface area contributed by atoms with E-state index in [0.717, 1.165) is 0 Å². The minimum Gasteiger partial charge on any atom is -0.481 e. The summed E-state index contributed by atoms with van der Waals surface area (Å²) in [6, 6.07) is 3.11. The Morgan fingerprint density at radius 2 is 1.71 bits per heavy atom. The number of carbonyl (C=O) groups excluding carboxylic acids is 1. The number of amidine groups is 1. The van der Waals surface area contributed by atoms with E-state index in [1.807, 2.05) is 53.5 Å². The fourth-order valence-corrected chi connectivity index (χ4v) is 10.2. The summed E-state index contributed by atoms with van der Waals surface area (Å²) in [7, 11) is 4.99. The van der Waals surface area contributed by atoms with Gasteiger partial charge >= 0.3 is 5.97 Å². The van der Waals surface area contributed by atoms with Gasteiger partial charge in [0.25, 0.3) is 6.02 Å². The number of pyridine rings is 1. The van der Waals surface area contributed by atoms with Crippen LogP contribution in [0.2, 0.25) is 0 Å². The number of aliphatic hydroxyl groups excluding tert-OH is 1. The average Bonchev–Trinajstić information content (AvgIpc) is 3.56. The Hall–Kier alpha value is -2.75. The second-order valence-corrected chi connectivity index (χ2v) is 20.2. The number of esters is 1. The highest BCUT2D eigenvalue weighted by Crippen LogP contribution is 2.44. The fraction of sp³-hybridized carbons (Fsp3) is 0.851. The number of ether oxygens (including phenoxy) is 8. The van der Waals surface area contributed by atoms with Crippen molar-refractivity contribution in [3.8, 4) is 5.88 Å². The number of hydrogen-bond donors (Lipinski definition) is 6. The second-order valence-electron chi connectivity index (χ2n) is 20.2. The van der Waals surface area contributed by atoms with Crippen molar-refractivity contribution in [2.75, 3.05) is 34.4 Å². The lowest BCUT2D eigenvalue weighted by atomic mass is 9.75. The lowest BCUT2D eigenvalue weighted by molar-refractivity contribution is -0.335. The zero-order valence-electron chi connectivity index (χ0n) is 41.4. The van der Waals surface area contributed by atoms with E-state index in [0.29, 0.717) is 30.6 Å². The summed E-state index contributed by atoms with van der Waals surface area (Å²) in [5.74, 6) is -2.26. The molecule has 0 bridgehead atoms. The monoisotopic (exact) mass is 924 g/mol. The molecule has 4 aliphatic heterocycles. The molecule has 5 heterocycles. The molecule has 0 unspecified atom stereocenters. The molecule has 0 amide bonds. The summed E-state index contributed by atoms with van der Waals surface area (Å²) < 4.78 is 51.1. The van der Waals surface area contributed by atoms with Gasteiger partial charge in [0.05, 0.1) is 61.0 Å². The van der Waals surface area contributed by atoms with Gasteiger partial charge in [-0.25, -0.2) is 4.98 Å². The summed E-state index contributed by atoms with van der Waals surface area (Å²) in [5.41, 5.74) is -5.49. The number of cyclic esters (lactones) is 1. The topological polar surface area (TPSA) is 224 Å². The highest BCUT2D eigenvalue weighted by Gasteiger charge is 2.59. The molecule has 65 heavy (non-hydrogen) atoms. The lowest BCUT2D eigenvalue weighted by Gasteiger charge is -2.54. The van der Waals surface area contributed by atoms with Gasteiger partial charge in [-0.15, -0.1) is 0 Å². The molecular formula is C47H81N5O13. The van der Waals surface area contributed by atoms with Gasteiger partial charge < -0.3 is 73.9 Å². The molecule has 4 aliphatic rings. The minimum atomic E-state index is -1.83. The van der Waals surface area contributed by atoms with Crippen LogP contribution >= 0.6 is 0 Å². The maximum Gasteiger partial charge on any atom is 0.311 e. The van der Waals surface area contributed by atoms with Crippen LogP contribution in [0.15, 0.2) is 23.3 Å². The zero-order chi connectivity index (χ0) is 48.4. The summed E-state index contributed by atoms with van der Waals surface area (Å²) >= 11 is 0. The Labute approximate surface area is 386 Å². The Bertz CT molecular complexity index is 1740. The number of nitrogens with zero attached hydrogens (tertiary/aromatic N) is 3. The van der Waals surface area contributed by atoms with Crippen molar-refractivity contribution >= 4 is 17.7 Å². The predicted molar refractivity (Wildman–Crippen MR) is 242 cm³/mol. The van der Waals surface area contributed by atoms with Crippen molar-refractivity contribution in [1.29, 1.82) is 0 Å². The molecule has 4 fully saturated rings. The number of fused-ring (bicyclic) bond motifs is 1. The highest BCUT2D eigenvalue weighted by molar-refractivity contribution is 5.79. The average molecular weight is 924 g/mol. The van der Waals surface area contributed by atoms with Crippen molar-refractivity contribution in [3.63, 3.8) is 0 Å². The number of nitrogens with one attached hydrogen (secondary N) is 2. The first-order valence-corrected chi connectivity index (χ1v) is 23.5. The molecule has 0 aliphatic carbocycles. The third-order valence-corrected chi connectivity index (χ3v) is 14.5. The predicted octanol–water partition coefficient (Wildman–Crippen LogP) is 3.43. The van der Waals surface area contributed by atoms with Crippen molar-refractivity contribution in [2.45, 2.75) is 205 Å². The molecule has 0 spiro atoms. The normalized spacial score (nSPS) is 44.2. The van der Waals surface area contributed by atoms with E-state index in [1.165, 1.54) is 14.0 Å². The van der Waals surface area contributed by atoms with Gasteiger partial charge in [0, 0.05) is 51.2 Å². The van der Waals surface area contributed by atoms with Crippen molar-refractivity contribution in [2.24, 2.45) is 22.7 Å². The molecule has 4 saturated heterocycles. The number of aliphatic hydroxyl groups is 4. The van der Waals surface area contributed by atoms with Crippen LogP contribution in [0.1, 0.15) is 109 Å². The van der Waals surface area contributed by atoms with E-state index in [2.05, 4.69) is 15.6 Å². The van der Waals surface area contributed by atoms with Gasteiger partial charge in [-0.2, -0.15) is 4.99 Å². The Morgan fingerprint density at radius 3 is 2.31 bits per heavy atom. The third-order valence-electron chi connectivity index (χ3n) is 14.5. The standard InChI is InChI=1S/C47H81N5O13/c1-16-34-46(12,56)39(53)30(8)48-22-26(4)20-44(10,55)40(65-42-38-33(19-27(5)60-42)52(13)43(64-38)51-32-17-18-35(58-14)49-23-32)28(6)37(29(7)41(54)62-34)63-36-21-45(11,59-15)47(57,31(9)61-36)24-50-25(2)3/h17-18,23,25-31,33-34,36-40,42,48,50,53,55-57H,16,19-22,24H2,1-15H3/t26-,27-,28+,29-,30-,31+,33+,34-,36+,37+,38-,39-,40-,42+,44-,45-,46-,47+/m1/s1. The van der Waals surface area contributed by atoms with Crippen LogP contribution in [0, 0.1) is 17.8 Å². The van der Waals surface area contributed by atoms with Crippen LogP contribution in [0.3, 0.4) is 0 Å². The number of methoxy groups -OCH3 is 2. The molecular weight excluding hydrogens is 843 g/mol. The van der Waals surface area contributed by atoms with Crippen molar-refractivity contribution in [3.05, 3.63) is 18.3 Å². The molecule has 5 rings (SSSR count). The van der Waals surface area contributed by atoms with Crippen LogP contribution in [-0.4, -0.2) is 172 Å². The molecule has 0 saturated carbocycles. The smallest absolute Gasteiger partial charge is 0.311 e. The molecule has 0 radical (unpaired) electrons. The number of carbonyl (C=O) groups is 1. The molecule has 1 aromatic heterocycles. The van der Waals surface area contributed by atoms with Crippen LogP contribution in [0.4, 0.5) is 5.69 Å². The number of rotatable bonds is 11. The number of aliphatic imine (C=N–C) groups is 1. The third kappa shape index (κ3) is 11.6. The quantitative estimate of drug-likeness (QED) is 0.175. The molecule has 1 aromatic rings. The summed E-state index contributed by atoms with van der Waals surface area (Å²) in [4.78, 5) is 25.6. The number of hydrogen-bond acceptors (Lipinski definition) is 17. The maximum absolute atomic E-state index is 14.6. The van der Waals surface area contributed by atoms with E-state index in [-0.39, 0.29) is 49.9 Å². The number of likely N-dealkylation sites (N-methyl/N-ethyl adjacent to an activating group) is 1. The second kappa shape index (κ2) is 21.3. The van der Waals surface area contributed by atoms with E-state index < -0.39 is 95.5 Å². The first kappa shape index (κ1) is 53.2.